The Balaban J connectivity index is 2.25. The van der Waals surface area contributed by atoms with E-state index in [9.17, 15) is 0 Å². The quantitative estimate of drug-likeness (QED) is 0.497. The van der Waals surface area contributed by atoms with Crippen LogP contribution in [0.3, 0.4) is 0 Å². The van der Waals surface area contributed by atoms with Gasteiger partial charge < -0.3 is 5.11 Å². The molecule has 0 bridgehead atoms. The molecule has 1 nitrogen and oxygen atoms in total. The van der Waals surface area contributed by atoms with Crippen molar-refractivity contribution in [2.24, 2.45) is 0 Å². The van der Waals surface area contributed by atoms with Crippen molar-refractivity contribution in [3.8, 4) is 0 Å². The lowest BCUT2D eigenvalue weighted by molar-refractivity contribution is 0.223. The number of aliphatic hydroxyl groups excluding tert-OH is 1. The van der Waals surface area contributed by atoms with Crippen molar-refractivity contribution in [1.29, 1.82) is 0 Å². The van der Waals surface area contributed by atoms with Crippen LogP contribution < -0.4 is 0 Å². The molecule has 1 N–H and O–H groups in total. The molecule has 0 spiro atoms. The van der Waals surface area contributed by atoms with Gasteiger partial charge in [0.25, 0.3) is 0 Å². The summed E-state index contributed by atoms with van der Waals surface area (Å²) >= 11 is 5.44. The van der Waals surface area contributed by atoms with Gasteiger partial charge in [0.2, 0.25) is 0 Å². The van der Waals surface area contributed by atoms with Crippen molar-refractivity contribution in [2.45, 2.75) is 6.10 Å². The predicted octanol–water partition coefficient (Wildman–Crippen LogP) is 1.63. The van der Waals surface area contributed by atoms with E-state index in [0.29, 0.717) is 5.88 Å². The van der Waals surface area contributed by atoms with Gasteiger partial charge in [0.15, 0.2) is 0 Å². The highest BCUT2D eigenvalue weighted by atomic mass is 35.5. The normalized spacial score (nSPS) is 22.0. The predicted molar refractivity (Wildman–Crippen MR) is 48.9 cm³/mol. The molecule has 1 heterocycles. The van der Waals surface area contributed by atoms with Crippen molar-refractivity contribution >= 4 is 22.5 Å². The molecule has 0 radical (unpaired) electrons. The molecule has 0 aromatic heterocycles. The van der Waals surface area contributed by atoms with Crippen LogP contribution in [0.2, 0.25) is 0 Å². The summed E-state index contributed by atoms with van der Waals surface area (Å²) in [6, 6.07) is 0. The zero-order valence-corrected chi connectivity index (χ0v) is 7.22. The molecular weight excluding hydrogens is 168 g/mol. The Morgan fingerprint density at radius 3 is 2.50 bits per heavy atom. The van der Waals surface area contributed by atoms with Gasteiger partial charge in [-0.3, -0.25) is 0 Å². The monoisotopic (exact) mass is 178 g/mol. The van der Waals surface area contributed by atoms with E-state index in [1.54, 1.807) is 0 Å². The summed E-state index contributed by atoms with van der Waals surface area (Å²) in [4.78, 5) is 0. The first-order chi connectivity index (χ1) is 4.83. The number of allylic oxidation sites excluding steroid dienone is 2. The van der Waals surface area contributed by atoms with E-state index >= 15 is 0 Å². The van der Waals surface area contributed by atoms with E-state index in [2.05, 4.69) is 10.8 Å². The van der Waals surface area contributed by atoms with Crippen molar-refractivity contribution in [3.63, 3.8) is 0 Å². The van der Waals surface area contributed by atoms with E-state index in [1.807, 2.05) is 12.2 Å². The summed E-state index contributed by atoms with van der Waals surface area (Å²) in [7, 11) is -0.186. The van der Waals surface area contributed by atoms with E-state index in [0.717, 1.165) is 5.75 Å². The second kappa shape index (κ2) is 4.06. The lowest BCUT2D eigenvalue weighted by atomic mass is 10.5. The minimum atomic E-state index is -0.333. The molecule has 0 aliphatic carbocycles. The van der Waals surface area contributed by atoms with Gasteiger partial charge in [-0.2, -0.15) is 0 Å². The molecule has 1 aliphatic heterocycles. The second-order valence-corrected chi connectivity index (χ2v) is 4.49. The molecule has 0 aromatic rings. The van der Waals surface area contributed by atoms with Gasteiger partial charge in [-0.15, -0.1) is 11.6 Å². The Bertz CT molecular complexity index is 144. The standard InChI is InChI=1S/C7H11ClOS/c8-5-7(9)6-10-3-1-2-4-10/h1-4,7,9-10H,5-6H2. The Labute approximate surface area is 68.7 Å². The number of hydrogen-bond donors (Lipinski definition) is 2. The topological polar surface area (TPSA) is 20.2 Å². The molecule has 0 saturated carbocycles. The number of alkyl halides is 1. The van der Waals surface area contributed by atoms with E-state index in [-0.39, 0.29) is 17.0 Å². The summed E-state index contributed by atoms with van der Waals surface area (Å²) in [6.07, 6.45) is 3.71. The Morgan fingerprint density at radius 2 is 2.00 bits per heavy atom. The third-order valence-electron chi connectivity index (χ3n) is 1.27. The van der Waals surface area contributed by atoms with Gasteiger partial charge in [-0.25, -0.2) is 10.9 Å². The summed E-state index contributed by atoms with van der Waals surface area (Å²) in [5.74, 6) is 1.16. The first kappa shape index (κ1) is 8.18. The number of rotatable bonds is 3. The second-order valence-electron chi connectivity index (χ2n) is 2.19. The molecule has 1 unspecified atom stereocenters. The van der Waals surface area contributed by atoms with Crippen LogP contribution in [0, 0.1) is 0 Å². The summed E-state index contributed by atoms with van der Waals surface area (Å²) in [5, 5.41) is 13.4. The van der Waals surface area contributed by atoms with Crippen LogP contribution in [0.25, 0.3) is 0 Å². The molecular formula is C7H11ClOS. The fraction of sp³-hybridized carbons (Fsp3) is 0.429. The molecule has 1 aliphatic rings. The fourth-order valence-electron chi connectivity index (χ4n) is 0.784. The third-order valence-corrected chi connectivity index (χ3v) is 3.58. The molecule has 58 valence electrons. The molecule has 3 heteroatoms. The molecule has 0 amide bonds. The molecule has 1 atom stereocenters. The lowest BCUT2D eigenvalue weighted by Crippen LogP contribution is -2.12. The van der Waals surface area contributed by atoms with Gasteiger partial charge in [-0.1, -0.05) is 12.2 Å². The third kappa shape index (κ3) is 2.37. The highest BCUT2D eigenvalue weighted by Gasteiger charge is 2.06. The smallest absolute Gasteiger partial charge is 0.0754 e. The van der Waals surface area contributed by atoms with Crippen LogP contribution in [0.1, 0.15) is 0 Å². The van der Waals surface area contributed by atoms with Crippen LogP contribution in [-0.2, 0) is 0 Å². The van der Waals surface area contributed by atoms with E-state index in [1.165, 1.54) is 0 Å². The highest BCUT2D eigenvalue weighted by molar-refractivity contribution is 8.22. The first-order valence-corrected chi connectivity index (χ1v) is 5.37. The van der Waals surface area contributed by atoms with Crippen LogP contribution in [0.15, 0.2) is 23.0 Å². The van der Waals surface area contributed by atoms with Crippen molar-refractivity contribution in [2.75, 3.05) is 11.6 Å². The van der Waals surface area contributed by atoms with Crippen molar-refractivity contribution in [1.82, 2.24) is 0 Å². The van der Waals surface area contributed by atoms with Gasteiger partial charge in [0.05, 0.1) is 6.10 Å². The number of halogens is 1. The van der Waals surface area contributed by atoms with Crippen LogP contribution >= 0.6 is 22.5 Å². The first-order valence-electron chi connectivity index (χ1n) is 3.17. The minimum Gasteiger partial charge on any atom is -0.391 e. The van der Waals surface area contributed by atoms with Gasteiger partial charge in [-0.05, 0) is 10.8 Å². The molecule has 1 rings (SSSR count). The van der Waals surface area contributed by atoms with E-state index < -0.39 is 0 Å². The largest absolute Gasteiger partial charge is 0.391 e. The minimum absolute atomic E-state index is 0.186. The Hall–Kier alpha value is 0.0800. The average molecular weight is 179 g/mol. The maximum absolute atomic E-state index is 9.13. The fourth-order valence-corrected chi connectivity index (χ4v) is 2.64. The van der Waals surface area contributed by atoms with Crippen molar-refractivity contribution < 1.29 is 5.11 Å². The van der Waals surface area contributed by atoms with Gasteiger partial charge in [0.1, 0.15) is 0 Å². The maximum Gasteiger partial charge on any atom is 0.0754 e. The SMILES string of the molecule is OC(CCl)C[SH]1C=CC=C1. The van der Waals surface area contributed by atoms with Crippen LogP contribution in [0.5, 0.6) is 0 Å². The summed E-state index contributed by atoms with van der Waals surface area (Å²) < 4.78 is 0. The average Bonchev–Trinajstić information content (AvgIpc) is 2.40. The van der Waals surface area contributed by atoms with E-state index in [4.69, 9.17) is 16.7 Å². The lowest BCUT2D eigenvalue weighted by Gasteiger charge is -2.12. The van der Waals surface area contributed by atoms with Crippen LogP contribution in [0.4, 0.5) is 0 Å². The molecule has 0 aromatic carbocycles. The van der Waals surface area contributed by atoms with Crippen LogP contribution in [-0.4, -0.2) is 22.8 Å². The zero-order valence-electron chi connectivity index (χ0n) is 5.57. The molecule has 0 fully saturated rings. The number of aliphatic hydroxyl groups is 1. The maximum atomic E-state index is 9.13. The van der Waals surface area contributed by atoms with Gasteiger partial charge in [0, 0.05) is 11.6 Å². The number of thiol groups is 1. The number of hydrogen-bond acceptors (Lipinski definition) is 1. The summed E-state index contributed by atoms with van der Waals surface area (Å²) in [5.41, 5.74) is 0. The Kier molecular flexibility index (Phi) is 3.32. The molecule has 0 saturated heterocycles. The van der Waals surface area contributed by atoms with Gasteiger partial charge >= 0.3 is 0 Å². The summed E-state index contributed by atoms with van der Waals surface area (Å²) in [6.45, 7) is 0. The van der Waals surface area contributed by atoms with Crippen molar-refractivity contribution in [3.05, 3.63) is 23.0 Å². The highest BCUT2D eigenvalue weighted by Crippen LogP contribution is 2.33. The Morgan fingerprint density at radius 1 is 1.40 bits per heavy atom. The molecule has 10 heavy (non-hydrogen) atoms. The zero-order chi connectivity index (χ0) is 7.40.